The number of unbranched alkanes of at least 4 members (excludes halogenated alkanes) is 47. The molecule has 2 unspecified atom stereocenters. The van der Waals surface area contributed by atoms with Crippen molar-refractivity contribution in [3.8, 4) is 0 Å². The van der Waals surface area contributed by atoms with E-state index in [0.717, 1.165) is 51.4 Å². The topological polar surface area (TPSA) is 95.9 Å². The van der Waals surface area contributed by atoms with Gasteiger partial charge >= 0.3 is 5.97 Å². The predicted molar refractivity (Wildman–Crippen MR) is 338 cm³/mol. The summed E-state index contributed by atoms with van der Waals surface area (Å²) in [6, 6.07) is -0.625. The molecule has 77 heavy (non-hydrogen) atoms. The molecule has 6 nitrogen and oxygen atoms in total. The number of hydrogen-bond acceptors (Lipinski definition) is 5. The average molecular weight is 1080 g/mol. The van der Waals surface area contributed by atoms with Gasteiger partial charge in [-0.25, -0.2) is 0 Å². The van der Waals surface area contributed by atoms with Crippen molar-refractivity contribution in [2.75, 3.05) is 13.2 Å². The average Bonchev–Trinajstić information content (AvgIpc) is 3.43. The lowest BCUT2D eigenvalue weighted by Crippen LogP contribution is -2.45. The van der Waals surface area contributed by atoms with Crippen LogP contribution in [0.15, 0.2) is 48.6 Å². The Morgan fingerprint density at radius 3 is 1.01 bits per heavy atom. The maximum atomic E-state index is 12.4. The first-order valence-corrected chi connectivity index (χ1v) is 34.4. The first-order chi connectivity index (χ1) is 38.0. The Bertz CT molecular complexity index is 1290. The van der Waals surface area contributed by atoms with Gasteiger partial charge in [0.2, 0.25) is 5.91 Å². The number of nitrogens with one attached hydrogen (secondary N) is 1. The molecule has 0 heterocycles. The first-order valence-electron chi connectivity index (χ1n) is 34.4. The number of amides is 1. The van der Waals surface area contributed by atoms with Gasteiger partial charge < -0.3 is 20.3 Å². The third-order valence-electron chi connectivity index (χ3n) is 15.8. The fourth-order valence-electron chi connectivity index (χ4n) is 10.5. The second kappa shape index (κ2) is 66.3. The highest BCUT2D eigenvalue weighted by Crippen LogP contribution is 2.18. The summed E-state index contributed by atoms with van der Waals surface area (Å²) in [5, 5.41) is 23.1. The molecule has 0 bridgehead atoms. The summed E-state index contributed by atoms with van der Waals surface area (Å²) in [5.41, 5.74) is 0. The van der Waals surface area contributed by atoms with Crippen molar-refractivity contribution >= 4 is 11.9 Å². The van der Waals surface area contributed by atoms with Crippen molar-refractivity contribution in [2.45, 2.75) is 379 Å². The minimum Gasteiger partial charge on any atom is -0.466 e. The number of carbonyl (C=O) groups excluding carboxylic acids is 2. The maximum Gasteiger partial charge on any atom is 0.305 e. The van der Waals surface area contributed by atoms with Crippen molar-refractivity contribution in [3.05, 3.63) is 48.6 Å². The molecule has 0 aromatic heterocycles. The summed E-state index contributed by atoms with van der Waals surface area (Å²) in [7, 11) is 0. The van der Waals surface area contributed by atoms with Gasteiger partial charge in [0.05, 0.1) is 25.4 Å². The van der Waals surface area contributed by atoms with Gasteiger partial charge in [-0.1, -0.05) is 313 Å². The van der Waals surface area contributed by atoms with Gasteiger partial charge in [0, 0.05) is 12.8 Å². The number of carbonyl (C=O) groups is 2. The molecule has 0 aromatic rings. The summed E-state index contributed by atoms with van der Waals surface area (Å²) in [6.45, 7) is 4.89. The molecular weight excluding hydrogens is 947 g/mol. The number of hydrogen-bond donors (Lipinski definition) is 3. The molecule has 6 heteroatoms. The fourth-order valence-corrected chi connectivity index (χ4v) is 10.5. The van der Waals surface area contributed by atoms with E-state index in [1.165, 1.54) is 289 Å². The normalized spacial score (nSPS) is 12.8. The lowest BCUT2D eigenvalue weighted by Gasteiger charge is -2.20. The largest absolute Gasteiger partial charge is 0.466 e. The van der Waals surface area contributed by atoms with Crippen LogP contribution in [0.4, 0.5) is 0 Å². The Balaban J connectivity index is 3.37. The van der Waals surface area contributed by atoms with E-state index in [1.54, 1.807) is 6.08 Å². The molecule has 0 aliphatic carbocycles. The van der Waals surface area contributed by atoms with Gasteiger partial charge in [0.1, 0.15) is 0 Å². The number of allylic oxidation sites excluding steroid dienone is 7. The van der Waals surface area contributed by atoms with Crippen LogP contribution in [0, 0.1) is 0 Å². The quantitative estimate of drug-likeness (QED) is 0.0320. The van der Waals surface area contributed by atoms with Crippen molar-refractivity contribution in [2.24, 2.45) is 0 Å². The van der Waals surface area contributed by atoms with Crippen molar-refractivity contribution < 1.29 is 24.5 Å². The smallest absolute Gasteiger partial charge is 0.305 e. The molecule has 0 fully saturated rings. The third kappa shape index (κ3) is 62.9. The van der Waals surface area contributed by atoms with Gasteiger partial charge in [0.15, 0.2) is 0 Å². The van der Waals surface area contributed by atoms with E-state index in [2.05, 4.69) is 55.6 Å². The van der Waals surface area contributed by atoms with Gasteiger partial charge in [-0.2, -0.15) is 0 Å². The predicted octanol–water partition coefficient (Wildman–Crippen LogP) is 22.1. The summed E-state index contributed by atoms with van der Waals surface area (Å²) >= 11 is 0. The summed E-state index contributed by atoms with van der Waals surface area (Å²) < 4.78 is 5.48. The number of esters is 1. The van der Waals surface area contributed by atoms with Crippen LogP contribution in [0.5, 0.6) is 0 Å². The Morgan fingerprint density at radius 2 is 0.649 bits per heavy atom. The zero-order chi connectivity index (χ0) is 55.7. The van der Waals surface area contributed by atoms with Crippen LogP contribution >= 0.6 is 0 Å². The molecule has 0 radical (unpaired) electrons. The molecule has 3 N–H and O–H groups in total. The van der Waals surface area contributed by atoms with Crippen LogP contribution in [0.1, 0.15) is 367 Å². The lowest BCUT2D eigenvalue weighted by molar-refractivity contribution is -0.143. The van der Waals surface area contributed by atoms with Crippen LogP contribution in [-0.2, 0) is 14.3 Å². The fraction of sp³-hybridized carbons (Fsp3) is 0.859. The molecule has 2 atom stereocenters. The molecule has 0 saturated heterocycles. The van der Waals surface area contributed by atoms with Gasteiger partial charge in [-0.15, -0.1) is 0 Å². The summed E-state index contributed by atoms with van der Waals surface area (Å²) in [5.74, 6) is -0.0583. The Hall–Kier alpha value is -2.18. The highest BCUT2D eigenvalue weighted by Gasteiger charge is 2.18. The van der Waals surface area contributed by atoms with E-state index in [1.807, 2.05) is 6.08 Å². The van der Waals surface area contributed by atoms with Crippen LogP contribution in [0.25, 0.3) is 0 Å². The van der Waals surface area contributed by atoms with E-state index in [0.29, 0.717) is 19.4 Å². The molecule has 0 rings (SSSR count). The zero-order valence-corrected chi connectivity index (χ0v) is 51.7. The van der Waals surface area contributed by atoms with Crippen LogP contribution in [0.3, 0.4) is 0 Å². The van der Waals surface area contributed by atoms with Crippen LogP contribution in [-0.4, -0.2) is 47.4 Å². The minimum atomic E-state index is -0.842. The Labute approximate surface area is 480 Å². The molecular formula is C71H133NO5. The van der Waals surface area contributed by atoms with E-state index in [9.17, 15) is 19.8 Å². The Kier molecular flexibility index (Phi) is 64.5. The second-order valence-electron chi connectivity index (χ2n) is 23.5. The van der Waals surface area contributed by atoms with E-state index in [4.69, 9.17) is 4.74 Å². The maximum absolute atomic E-state index is 12.4. The molecule has 0 spiro atoms. The third-order valence-corrected chi connectivity index (χ3v) is 15.8. The van der Waals surface area contributed by atoms with E-state index >= 15 is 0 Å². The highest BCUT2D eigenvalue weighted by atomic mass is 16.5. The lowest BCUT2D eigenvalue weighted by atomic mass is 10.0. The number of aliphatic hydroxyl groups is 2. The SMILES string of the molecule is CCCCCC/C=C\CCCCCCCC(=O)OCCCCCCCCCCCCC/C=C\C/C=C\CCCCCCCCCCCCCCCCCCCC(=O)NC(CO)C(O)/C=C/CCCCCCCCCCCC. The molecule has 0 aliphatic heterocycles. The van der Waals surface area contributed by atoms with Crippen molar-refractivity contribution in [1.82, 2.24) is 5.32 Å². The number of ether oxygens (including phenoxy) is 1. The molecule has 0 aliphatic rings. The number of aliphatic hydroxyl groups excluding tert-OH is 2. The van der Waals surface area contributed by atoms with E-state index < -0.39 is 12.1 Å². The molecule has 1 amide bonds. The standard InChI is InChI=1S/C71H133NO5/c1-3-5-7-9-11-13-15-40-45-49-53-57-61-65-71(76)77-66-62-58-54-50-46-42-39-37-35-33-31-29-27-25-23-21-19-17-18-20-22-24-26-28-30-32-34-36-38-41-44-48-52-56-60-64-70(75)72-68(67-73)69(74)63-59-55-51-47-43-16-14-12-10-8-6-4-2/h13,15,19,21,25,27,59,63,68-69,73-74H,3-12,14,16-18,20,22-24,26,28-58,60-62,64-67H2,1-2H3,(H,72,75)/b15-13-,21-19-,27-25-,63-59+. The molecule has 452 valence electrons. The second-order valence-corrected chi connectivity index (χ2v) is 23.5. The highest BCUT2D eigenvalue weighted by molar-refractivity contribution is 5.76. The van der Waals surface area contributed by atoms with Crippen molar-refractivity contribution in [1.29, 1.82) is 0 Å². The van der Waals surface area contributed by atoms with Crippen LogP contribution < -0.4 is 5.32 Å². The minimum absolute atomic E-state index is 0.00714. The number of rotatable bonds is 64. The Morgan fingerprint density at radius 1 is 0.364 bits per heavy atom. The molecule has 0 saturated carbocycles. The molecule has 0 aromatic carbocycles. The summed E-state index contributed by atoms with van der Waals surface area (Å²) in [6.07, 6.45) is 86.3. The van der Waals surface area contributed by atoms with E-state index in [-0.39, 0.29) is 18.5 Å². The van der Waals surface area contributed by atoms with Gasteiger partial charge in [-0.05, 0) is 89.9 Å². The summed E-state index contributed by atoms with van der Waals surface area (Å²) in [4.78, 5) is 24.5. The van der Waals surface area contributed by atoms with Gasteiger partial charge in [-0.3, -0.25) is 9.59 Å². The monoisotopic (exact) mass is 1080 g/mol. The van der Waals surface area contributed by atoms with Crippen molar-refractivity contribution in [3.63, 3.8) is 0 Å². The zero-order valence-electron chi connectivity index (χ0n) is 51.7. The first kappa shape index (κ1) is 74.8. The van der Waals surface area contributed by atoms with Gasteiger partial charge in [0.25, 0.3) is 0 Å². The van der Waals surface area contributed by atoms with Crippen LogP contribution in [0.2, 0.25) is 0 Å².